The van der Waals surface area contributed by atoms with Crippen molar-refractivity contribution in [1.82, 2.24) is 14.7 Å². The summed E-state index contributed by atoms with van der Waals surface area (Å²) in [6, 6.07) is 12.1. The van der Waals surface area contributed by atoms with Crippen LogP contribution in [-0.4, -0.2) is 23.7 Å². The number of nitrogens with zero attached hydrogens (tertiary/aromatic N) is 2. The molecule has 148 valence electrons. The largest absolute Gasteiger partial charge is 0.351 e. The Kier molecular flexibility index (Phi) is 5.43. The van der Waals surface area contributed by atoms with Crippen molar-refractivity contribution in [1.29, 1.82) is 0 Å². The van der Waals surface area contributed by atoms with Crippen molar-refractivity contribution < 1.29 is 13.2 Å². The number of thiophene rings is 1. The van der Waals surface area contributed by atoms with Crippen molar-refractivity contribution in [2.45, 2.75) is 24.6 Å². The van der Waals surface area contributed by atoms with Crippen molar-refractivity contribution >= 4 is 33.0 Å². The Bertz CT molecular complexity index is 1170. The van der Waals surface area contributed by atoms with Gasteiger partial charge in [-0.25, -0.2) is 13.1 Å². The highest BCUT2D eigenvalue weighted by atomic mass is 32.2. The molecule has 0 saturated heterocycles. The molecule has 0 atom stereocenters. The zero-order chi connectivity index (χ0) is 20.5. The van der Waals surface area contributed by atoms with Gasteiger partial charge in [0, 0.05) is 18.8 Å². The van der Waals surface area contributed by atoms with E-state index in [0.29, 0.717) is 16.3 Å². The van der Waals surface area contributed by atoms with Crippen molar-refractivity contribution in [3.63, 3.8) is 0 Å². The molecule has 0 fully saturated rings. The molecule has 1 amide bonds. The summed E-state index contributed by atoms with van der Waals surface area (Å²) in [4.78, 5) is 24.6. The Morgan fingerprint density at radius 3 is 2.46 bits per heavy atom. The van der Waals surface area contributed by atoms with Crippen LogP contribution < -0.4 is 15.6 Å². The van der Waals surface area contributed by atoms with Gasteiger partial charge in [0.2, 0.25) is 5.91 Å². The van der Waals surface area contributed by atoms with Crippen molar-refractivity contribution in [3.05, 3.63) is 63.4 Å². The van der Waals surface area contributed by atoms with Gasteiger partial charge in [0.15, 0.2) is 0 Å². The number of anilines is 1. The minimum absolute atomic E-state index is 0.00293. The highest BCUT2D eigenvalue weighted by molar-refractivity contribution is 7.94. The minimum Gasteiger partial charge on any atom is -0.351 e. The summed E-state index contributed by atoms with van der Waals surface area (Å²) in [6.45, 7) is 3.32. The van der Waals surface area contributed by atoms with Crippen molar-refractivity contribution in [2.75, 3.05) is 4.72 Å². The molecule has 0 aliphatic rings. The van der Waals surface area contributed by atoms with Crippen LogP contribution in [0, 0.1) is 6.92 Å². The van der Waals surface area contributed by atoms with E-state index in [2.05, 4.69) is 10.0 Å². The number of hydrogen-bond acceptors (Lipinski definition) is 5. The van der Waals surface area contributed by atoms with Crippen LogP contribution in [0.4, 0.5) is 5.69 Å². The average molecular weight is 421 g/mol. The molecule has 1 aromatic carbocycles. The molecular weight excluding hydrogens is 400 g/mol. The van der Waals surface area contributed by atoms with E-state index < -0.39 is 15.6 Å². The van der Waals surface area contributed by atoms with Crippen LogP contribution >= 0.6 is 11.3 Å². The molecule has 10 heteroatoms. The number of para-hydroxylation sites is 1. The number of rotatable bonds is 6. The zero-order valence-electron chi connectivity index (χ0n) is 15.6. The standard InChI is InChI=1S/C18H20N4O4S2/c1-12-17(18(24)22(21(12)3)14-7-5-4-6-8-14)20-28(25,26)16-10-9-15(27-16)11-19-13(2)23/h4-10,20H,11H2,1-3H3,(H,19,23). The van der Waals surface area contributed by atoms with Crippen LogP contribution in [0.5, 0.6) is 0 Å². The highest BCUT2D eigenvalue weighted by Gasteiger charge is 2.23. The van der Waals surface area contributed by atoms with E-state index in [0.717, 1.165) is 11.3 Å². The molecule has 0 saturated carbocycles. The molecule has 3 rings (SSSR count). The van der Waals surface area contributed by atoms with E-state index >= 15 is 0 Å². The smallest absolute Gasteiger partial charge is 0.296 e. The second-order valence-corrected chi connectivity index (χ2v) is 9.25. The van der Waals surface area contributed by atoms with E-state index in [1.165, 1.54) is 17.7 Å². The van der Waals surface area contributed by atoms with Gasteiger partial charge >= 0.3 is 0 Å². The summed E-state index contributed by atoms with van der Waals surface area (Å²) in [5.74, 6) is -0.197. The Hall–Kier alpha value is -2.85. The SMILES string of the molecule is CC(=O)NCc1ccc(S(=O)(=O)Nc2c(C)n(C)n(-c3ccccc3)c2=O)s1. The lowest BCUT2D eigenvalue weighted by Gasteiger charge is -2.07. The molecular formula is C18H20N4O4S2. The van der Waals surface area contributed by atoms with Gasteiger partial charge in [-0.2, -0.15) is 0 Å². The van der Waals surface area contributed by atoms with Crippen LogP contribution in [-0.2, 0) is 28.4 Å². The molecule has 0 aliphatic carbocycles. The quantitative estimate of drug-likeness (QED) is 0.637. The van der Waals surface area contributed by atoms with E-state index in [1.54, 1.807) is 49.0 Å². The third-order valence-electron chi connectivity index (χ3n) is 4.20. The normalized spacial score (nSPS) is 11.4. The molecule has 0 aliphatic heterocycles. The fourth-order valence-corrected chi connectivity index (χ4v) is 5.09. The summed E-state index contributed by atoms with van der Waals surface area (Å²) in [7, 11) is -2.24. The summed E-state index contributed by atoms with van der Waals surface area (Å²) in [5.41, 5.74) is 0.678. The van der Waals surface area contributed by atoms with Gasteiger partial charge in [-0.3, -0.25) is 19.0 Å². The summed E-state index contributed by atoms with van der Waals surface area (Å²) in [6.07, 6.45) is 0. The summed E-state index contributed by atoms with van der Waals surface area (Å²) in [5, 5.41) is 2.62. The number of aromatic nitrogens is 2. The third kappa shape index (κ3) is 3.87. The van der Waals surface area contributed by atoms with Crippen LogP contribution in [0.3, 0.4) is 0 Å². The predicted molar refractivity (Wildman–Crippen MR) is 108 cm³/mol. The van der Waals surface area contributed by atoms with Crippen LogP contribution in [0.2, 0.25) is 0 Å². The molecule has 8 nitrogen and oxygen atoms in total. The summed E-state index contributed by atoms with van der Waals surface area (Å²) >= 11 is 1.04. The molecule has 0 unspecified atom stereocenters. The lowest BCUT2D eigenvalue weighted by atomic mass is 10.3. The van der Waals surface area contributed by atoms with Gasteiger partial charge in [0.1, 0.15) is 9.90 Å². The van der Waals surface area contributed by atoms with Crippen LogP contribution in [0.1, 0.15) is 17.5 Å². The zero-order valence-corrected chi connectivity index (χ0v) is 17.2. The Morgan fingerprint density at radius 2 is 1.82 bits per heavy atom. The molecule has 3 aromatic rings. The first kappa shape index (κ1) is 19.9. The number of amides is 1. The molecule has 2 N–H and O–H groups in total. The Balaban J connectivity index is 1.93. The number of hydrogen-bond donors (Lipinski definition) is 2. The second kappa shape index (κ2) is 7.64. The molecule has 0 bridgehead atoms. The van der Waals surface area contributed by atoms with E-state index in [4.69, 9.17) is 0 Å². The number of carbonyl (C=O) groups is 1. The Morgan fingerprint density at radius 1 is 1.14 bits per heavy atom. The first-order valence-electron chi connectivity index (χ1n) is 8.40. The fourth-order valence-electron chi connectivity index (χ4n) is 2.68. The van der Waals surface area contributed by atoms with Gasteiger partial charge in [-0.05, 0) is 31.2 Å². The monoisotopic (exact) mass is 420 g/mol. The van der Waals surface area contributed by atoms with Gasteiger partial charge in [0.05, 0.1) is 17.9 Å². The number of sulfonamides is 1. The number of nitrogens with one attached hydrogen (secondary N) is 2. The average Bonchev–Trinajstić information content (AvgIpc) is 3.21. The maximum atomic E-state index is 12.9. The molecule has 28 heavy (non-hydrogen) atoms. The maximum absolute atomic E-state index is 12.9. The Labute approximate surface area is 166 Å². The summed E-state index contributed by atoms with van der Waals surface area (Å²) < 4.78 is 31.0. The second-order valence-electron chi connectivity index (χ2n) is 6.17. The van der Waals surface area contributed by atoms with Gasteiger partial charge in [-0.15, -0.1) is 11.3 Å². The highest BCUT2D eigenvalue weighted by Crippen LogP contribution is 2.24. The van der Waals surface area contributed by atoms with Crippen molar-refractivity contribution in [3.8, 4) is 5.69 Å². The van der Waals surface area contributed by atoms with Crippen LogP contribution in [0.25, 0.3) is 5.69 Å². The molecule has 2 aromatic heterocycles. The minimum atomic E-state index is -3.93. The third-order valence-corrected chi connectivity index (χ3v) is 7.13. The van der Waals surface area contributed by atoms with Gasteiger partial charge in [-0.1, -0.05) is 18.2 Å². The predicted octanol–water partition coefficient (Wildman–Crippen LogP) is 1.98. The maximum Gasteiger partial charge on any atom is 0.296 e. The molecule has 0 radical (unpaired) electrons. The fraction of sp³-hybridized carbons (Fsp3) is 0.222. The van der Waals surface area contributed by atoms with Gasteiger partial charge in [0.25, 0.3) is 15.6 Å². The number of benzene rings is 1. The first-order chi connectivity index (χ1) is 13.2. The lowest BCUT2D eigenvalue weighted by molar-refractivity contribution is -0.119. The van der Waals surface area contributed by atoms with E-state index in [9.17, 15) is 18.0 Å². The molecule has 0 spiro atoms. The first-order valence-corrected chi connectivity index (χ1v) is 10.7. The van der Waals surface area contributed by atoms with Crippen LogP contribution in [0.15, 0.2) is 51.5 Å². The number of carbonyl (C=O) groups excluding carboxylic acids is 1. The van der Waals surface area contributed by atoms with Gasteiger partial charge < -0.3 is 5.32 Å². The van der Waals surface area contributed by atoms with E-state index in [1.807, 2.05) is 6.07 Å². The molecule has 2 heterocycles. The topological polar surface area (TPSA) is 102 Å². The van der Waals surface area contributed by atoms with Crippen molar-refractivity contribution in [2.24, 2.45) is 7.05 Å². The van der Waals surface area contributed by atoms with E-state index in [-0.39, 0.29) is 22.3 Å². The lowest BCUT2D eigenvalue weighted by Crippen LogP contribution is -2.22.